The zero-order valence-electron chi connectivity index (χ0n) is 8.41. The molecule has 0 fully saturated rings. The molecule has 1 atom stereocenters. The predicted molar refractivity (Wildman–Crippen MR) is 51.9 cm³/mol. The highest BCUT2D eigenvalue weighted by Gasteiger charge is 2.07. The van der Waals surface area contributed by atoms with Crippen LogP contribution in [0.1, 0.15) is 20.3 Å². The predicted octanol–water partition coefficient (Wildman–Crippen LogP) is 2.11. The van der Waals surface area contributed by atoms with Crippen molar-refractivity contribution in [3.8, 4) is 0 Å². The van der Waals surface area contributed by atoms with E-state index in [4.69, 9.17) is 4.52 Å². The number of hydrogen-bond acceptors (Lipinski definition) is 3. The highest BCUT2D eigenvalue weighted by Crippen LogP contribution is 2.14. The standard InChI is InChI=1S/C8H19NO2P/c1-8(2)9(3)6-5-7-11-12(4)10/h8H,5-7H2,1-4H3/q+1. The van der Waals surface area contributed by atoms with Crippen molar-refractivity contribution in [2.45, 2.75) is 26.3 Å². The van der Waals surface area contributed by atoms with Crippen LogP contribution in [-0.2, 0) is 9.09 Å². The molecule has 0 radical (unpaired) electrons. The average Bonchev–Trinajstić information content (AvgIpc) is 1.97. The first-order valence-electron chi connectivity index (χ1n) is 4.28. The summed E-state index contributed by atoms with van der Waals surface area (Å²) in [5.74, 6) is 0. The van der Waals surface area contributed by atoms with Gasteiger partial charge in [-0.05, 0) is 31.9 Å². The molecule has 0 aliphatic carbocycles. The molecule has 0 saturated carbocycles. The zero-order valence-corrected chi connectivity index (χ0v) is 9.30. The third-order valence-electron chi connectivity index (χ3n) is 1.81. The van der Waals surface area contributed by atoms with Crippen LogP contribution in [0.2, 0.25) is 0 Å². The Balaban J connectivity index is 3.25. The lowest BCUT2D eigenvalue weighted by Gasteiger charge is -2.19. The maximum absolute atomic E-state index is 10.5. The molecular formula is C8H19NO2P+. The minimum Gasteiger partial charge on any atom is -0.304 e. The van der Waals surface area contributed by atoms with Gasteiger partial charge in [-0.1, -0.05) is 0 Å². The summed E-state index contributed by atoms with van der Waals surface area (Å²) in [4.78, 5) is 2.24. The van der Waals surface area contributed by atoms with Gasteiger partial charge in [-0.3, -0.25) is 0 Å². The highest BCUT2D eigenvalue weighted by atomic mass is 31.1. The number of rotatable bonds is 6. The fourth-order valence-corrected chi connectivity index (χ4v) is 1.15. The fourth-order valence-electron chi connectivity index (χ4n) is 0.765. The third kappa shape index (κ3) is 6.71. The quantitative estimate of drug-likeness (QED) is 0.477. The van der Waals surface area contributed by atoms with E-state index in [1.807, 2.05) is 0 Å². The van der Waals surface area contributed by atoms with Crippen LogP contribution in [0.25, 0.3) is 0 Å². The molecule has 0 aliphatic heterocycles. The first-order chi connectivity index (χ1) is 5.54. The van der Waals surface area contributed by atoms with Gasteiger partial charge < -0.3 is 4.90 Å². The van der Waals surface area contributed by atoms with Gasteiger partial charge in [-0.2, -0.15) is 0 Å². The Hall–Kier alpha value is 0.0200. The molecule has 0 saturated heterocycles. The largest absolute Gasteiger partial charge is 0.504 e. The number of hydrogen-bond donors (Lipinski definition) is 0. The summed E-state index contributed by atoms with van der Waals surface area (Å²) in [6.07, 6.45) is 0.948. The molecule has 0 bridgehead atoms. The molecule has 3 nitrogen and oxygen atoms in total. The molecule has 0 aliphatic rings. The summed E-state index contributed by atoms with van der Waals surface area (Å²) in [7, 11) is 0.665. The van der Waals surface area contributed by atoms with E-state index in [1.54, 1.807) is 6.66 Å². The Morgan fingerprint density at radius 2 is 2.08 bits per heavy atom. The van der Waals surface area contributed by atoms with Gasteiger partial charge in [-0.25, -0.2) is 0 Å². The summed E-state index contributed by atoms with van der Waals surface area (Å²) in [5.41, 5.74) is 0. The van der Waals surface area contributed by atoms with Crippen molar-refractivity contribution < 1.29 is 9.09 Å². The van der Waals surface area contributed by atoms with E-state index in [0.29, 0.717) is 12.6 Å². The van der Waals surface area contributed by atoms with Gasteiger partial charge in [0, 0.05) is 12.6 Å². The van der Waals surface area contributed by atoms with Gasteiger partial charge in [0.1, 0.15) is 6.61 Å². The molecule has 0 aromatic rings. The molecular weight excluding hydrogens is 173 g/mol. The minimum absolute atomic E-state index is 0.570. The zero-order chi connectivity index (χ0) is 9.56. The Bertz CT molecular complexity index is 139. The van der Waals surface area contributed by atoms with Crippen LogP contribution in [0.5, 0.6) is 0 Å². The summed E-state index contributed by atoms with van der Waals surface area (Å²) in [6, 6.07) is 0.570. The van der Waals surface area contributed by atoms with Crippen LogP contribution in [0.15, 0.2) is 0 Å². The molecule has 72 valence electrons. The van der Waals surface area contributed by atoms with E-state index in [9.17, 15) is 4.57 Å². The SMILES string of the molecule is CC(C)N(C)CCCO[P+](C)=O. The lowest BCUT2D eigenvalue weighted by Crippen LogP contribution is -2.27. The van der Waals surface area contributed by atoms with E-state index < -0.39 is 8.03 Å². The van der Waals surface area contributed by atoms with Gasteiger partial charge in [0.05, 0.1) is 0 Å². The first-order valence-corrected chi connectivity index (χ1v) is 5.90. The van der Waals surface area contributed by atoms with Crippen molar-refractivity contribution in [3.63, 3.8) is 0 Å². The summed E-state index contributed by atoms with van der Waals surface area (Å²) in [6.45, 7) is 7.49. The molecule has 12 heavy (non-hydrogen) atoms. The molecule has 1 unspecified atom stereocenters. The Labute approximate surface area is 76.0 Å². The van der Waals surface area contributed by atoms with E-state index in [1.165, 1.54) is 0 Å². The van der Waals surface area contributed by atoms with E-state index in [2.05, 4.69) is 25.8 Å². The molecule has 0 N–H and O–H groups in total. The maximum atomic E-state index is 10.5. The van der Waals surface area contributed by atoms with Gasteiger partial charge in [-0.15, -0.1) is 4.52 Å². The van der Waals surface area contributed by atoms with Gasteiger partial charge >= 0.3 is 8.03 Å². The second-order valence-corrected chi connectivity index (χ2v) is 4.34. The van der Waals surface area contributed by atoms with Gasteiger partial charge in [0.15, 0.2) is 6.66 Å². The van der Waals surface area contributed by atoms with E-state index in [0.717, 1.165) is 13.0 Å². The normalized spacial score (nSPS) is 12.7. The van der Waals surface area contributed by atoms with Crippen LogP contribution in [0, 0.1) is 0 Å². The smallest absolute Gasteiger partial charge is 0.304 e. The molecule has 0 heterocycles. The van der Waals surface area contributed by atoms with Crippen molar-refractivity contribution in [3.05, 3.63) is 0 Å². The second-order valence-electron chi connectivity index (χ2n) is 3.20. The Kier molecular flexibility index (Phi) is 6.54. The second kappa shape index (κ2) is 6.53. The summed E-state index contributed by atoms with van der Waals surface area (Å²) in [5, 5.41) is 0. The van der Waals surface area contributed by atoms with Crippen molar-refractivity contribution in [2.24, 2.45) is 0 Å². The van der Waals surface area contributed by atoms with Crippen LogP contribution in [-0.4, -0.2) is 37.8 Å². The molecule has 0 amide bonds. The first kappa shape index (κ1) is 12.0. The molecule has 4 heteroatoms. The fraction of sp³-hybridized carbons (Fsp3) is 1.00. The average molecular weight is 192 g/mol. The molecule has 0 aromatic carbocycles. The van der Waals surface area contributed by atoms with Crippen LogP contribution < -0.4 is 0 Å². The molecule has 0 aromatic heterocycles. The van der Waals surface area contributed by atoms with Gasteiger partial charge in [0.25, 0.3) is 0 Å². The maximum Gasteiger partial charge on any atom is 0.504 e. The van der Waals surface area contributed by atoms with E-state index >= 15 is 0 Å². The molecule has 0 spiro atoms. The Morgan fingerprint density at radius 3 is 2.50 bits per heavy atom. The third-order valence-corrected chi connectivity index (χ3v) is 2.36. The van der Waals surface area contributed by atoms with E-state index in [-0.39, 0.29) is 0 Å². The monoisotopic (exact) mass is 192 g/mol. The highest BCUT2D eigenvalue weighted by molar-refractivity contribution is 7.38. The summed E-state index contributed by atoms with van der Waals surface area (Å²) < 4.78 is 15.5. The lowest BCUT2D eigenvalue weighted by molar-refractivity contribution is 0.239. The Morgan fingerprint density at radius 1 is 1.50 bits per heavy atom. The van der Waals surface area contributed by atoms with Crippen molar-refractivity contribution in [1.82, 2.24) is 4.90 Å². The van der Waals surface area contributed by atoms with Crippen molar-refractivity contribution >= 4 is 8.03 Å². The van der Waals surface area contributed by atoms with Crippen LogP contribution in [0.3, 0.4) is 0 Å². The van der Waals surface area contributed by atoms with Crippen LogP contribution in [0.4, 0.5) is 0 Å². The van der Waals surface area contributed by atoms with Gasteiger partial charge in [0.2, 0.25) is 0 Å². The van der Waals surface area contributed by atoms with Crippen molar-refractivity contribution in [1.29, 1.82) is 0 Å². The summed E-state index contributed by atoms with van der Waals surface area (Å²) >= 11 is 0. The van der Waals surface area contributed by atoms with Crippen LogP contribution >= 0.6 is 8.03 Å². The lowest BCUT2D eigenvalue weighted by atomic mass is 10.3. The minimum atomic E-state index is -1.42. The van der Waals surface area contributed by atoms with Crippen molar-refractivity contribution in [2.75, 3.05) is 26.9 Å². The number of nitrogens with zero attached hydrogens (tertiary/aromatic N) is 1. The molecule has 0 rings (SSSR count). The topological polar surface area (TPSA) is 29.5 Å².